The van der Waals surface area contributed by atoms with Crippen molar-refractivity contribution in [3.05, 3.63) is 95.3 Å². The molecule has 0 radical (unpaired) electrons. The summed E-state index contributed by atoms with van der Waals surface area (Å²) < 4.78 is 4.81. The Morgan fingerprint density at radius 1 is 1.12 bits per heavy atom. The van der Waals surface area contributed by atoms with E-state index in [4.69, 9.17) is 10.5 Å². The molecule has 1 aliphatic rings. The number of hydrogen-bond acceptors (Lipinski definition) is 8. The third-order valence-corrected chi connectivity index (χ3v) is 7.15. The number of carbonyl (C=O) groups excluding carboxylic acids is 2. The van der Waals surface area contributed by atoms with Crippen molar-refractivity contribution in [1.29, 1.82) is 0 Å². The van der Waals surface area contributed by atoms with Crippen molar-refractivity contribution in [2.24, 2.45) is 0 Å². The third-order valence-electron chi connectivity index (χ3n) is 7.15. The van der Waals surface area contributed by atoms with Crippen molar-refractivity contribution in [2.45, 2.75) is 32.9 Å². The van der Waals surface area contributed by atoms with Crippen molar-refractivity contribution in [3.63, 3.8) is 0 Å². The molecule has 0 aliphatic carbocycles. The molecule has 40 heavy (non-hydrogen) atoms. The lowest BCUT2D eigenvalue weighted by Gasteiger charge is -2.28. The van der Waals surface area contributed by atoms with Crippen LogP contribution < -0.4 is 5.73 Å². The highest BCUT2D eigenvalue weighted by atomic mass is 16.5. The first-order valence-electron chi connectivity index (χ1n) is 13.1. The molecule has 4 aromatic rings. The van der Waals surface area contributed by atoms with Gasteiger partial charge in [0.25, 0.3) is 5.91 Å². The summed E-state index contributed by atoms with van der Waals surface area (Å²) in [5.74, 6) is 0.850. The second kappa shape index (κ2) is 11.5. The maximum absolute atomic E-state index is 13.9. The monoisotopic (exact) mass is 537 g/mol. The Balaban J connectivity index is 1.41. The molecule has 10 heteroatoms. The third kappa shape index (κ3) is 5.61. The molecule has 4 heterocycles. The zero-order valence-electron chi connectivity index (χ0n) is 22.7. The van der Waals surface area contributed by atoms with E-state index in [0.717, 1.165) is 33.3 Å². The van der Waals surface area contributed by atoms with Crippen LogP contribution in [0, 0.1) is 6.92 Å². The maximum atomic E-state index is 13.9. The van der Waals surface area contributed by atoms with E-state index in [1.54, 1.807) is 34.3 Å². The van der Waals surface area contributed by atoms with Gasteiger partial charge in [-0.05, 0) is 73.4 Å². The number of anilines is 1. The lowest BCUT2D eigenvalue weighted by Crippen LogP contribution is -2.34. The van der Waals surface area contributed by atoms with Gasteiger partial charge in [-0.15, -0.1) is 0 Å². The van der Waals surface area contributed by atoms with Gasteiger partial charge in [-0.1, -0.05) is 12.1 Å². The predicted octanol–water partition coefficient (Wildman–Crippen LogP) is 4.57. The van der Waals surface area contributed by atoms with Gasteiger partial charge >= 0.3 is 6.09 Å². The van der Waals surface area contributed by atoms with Gasteiger partial charge in [0.05, 0.1) is 30.9 Å². The summed E-state index contributed by atoms with van der Waals surface area (Å²) in [7, 11) is 1.39. The largest absolute Gasteiger partial charge is 0.453 e. The molecule has 0 fully saturated rings. The number of nitrogens with two attached hydrogens (primary N) is 1. The van der Waals surface area contributed by atoms with Crippen LogP contribution in [0.25, 0.3) is 16.5 Å². The molecule has 2 N–H and O–H groups in total. The summed E-state index contributed by atoms with van der Waals surface area (Å²) in [6.45, 7) is 5.16. The zero-order chi connectivity index (χ0) is 28.2. The zero-order valence-corrected chi connectivity index (χ0v) is 22.7. The van der Waals surface area contributed by atoms with Crippen LogP contribution in [0.4, 0.5) is 10.6 Å². The number of aryl methyl sites for hydroxylation is 1. The van der Waals surface area contributed by atoms with Gasteiger partial charge in [0, 0.05) is 42.6 Å². The van der Waals surface area contributed by atoms with E-state index in [2.05, 4.69) is 19.9 Å². The Morgan fingerprint density at radius 3 is 2.60 bits per heavy atom. The molecule has 0 saturated carbocycles. The van der Waals surface area contributed by atoms with E-state index in [-0.39, 0.29) is 18.5 Å². The number of aromatic nitrogens is 4. The normalized spacial score (nSPS) is 14.0. The summed E-state index contributed by atoms with van der Waals surface area (Å²) in [6.07, 6.45) is 7.56. The molecule has 5 rings (SSSR count). The molecule has 0 bridgehead atoms. The van der Waals surface area contributed by atoms with Crippen molar-refractivity contribution in [1.82, 2.24) is 29.7 Å². The summed E-state index contributed by atoms with van der Waals surface area (Å²) in [4.78, 5) is 47.0. The summed E-state index contributed by atoms with van der Waals surface area (Å²) >= 11 is 0. The summed E-state index contributed by atoms with van der Waals surface area (Å²) in [6, 6.07) is 12.6. The van der Waals surface area contributed by atoms with Crippen LogP contribution in [0.5, 0.6) is 0 Å². The Labute approximate surface area is 232 Å². The number of methoxy groups -OCH3 is 1. The fourth-order valence-corrected chi connectivity index (χ4v) is 4.76. The van der Waals surface area contributed by atoms with Crippen LogP contribution in [0.2, 0.25) is 0 Å². The van der Waals surface area contributed by atoms with E-state index >= 15 is 0 Å². The first-order valence-corrected chi connectivity index (χ1v) is 13.1. The number of pyridine rings is 2. The molecule has 3 aromatic heterocycles. The average Bonchev–Trinajstić information content (AvgIpc) is 3.00. The number of fused-ring (bicyclic) bond motifs is 1. The van der Waals surface area contributed by atoms with Gasteiger partial charge in [-0.2, -0.15) is 0 Å². The van der Waals surface area contributed by atoms with Crippen LogP contribution in [0.15, 0.2) is 67.1 Å². The molecule has 2 amide bonds. The van der Waals surface area contributed by atoms with E-state index in [0.29, 0.717) is 36.7 Å². The van der Waals surface area contributed by atoms with Crippen LogP contribution >= 0.6 is 0 Å². The smallest absolute Gasteiger partial charge is 0.409 e. The number of nitrogen functional groups attached to an aromatic ring is 1. The van der Waals surface area contributed by atoms with Gasteiger partial charge in [0.15, 0.2) is 0 Å². The van der Waals surface area contributed by atoms with Crippen LogP contribution in [-0.2, 0) is 11.3 Å². The lowest BCUT2D eigenvalue weighted by molar-refractivity contribution is 0.0663. The van der Waals surface area contributed by atoms with Crippen LogP contribution in [0.1, 0.15) is 52.4 Å². The molecule has 0 saturated heterocycles. The number of rotatable bonds is 6. The minimum Gasteiger partial charge on any atom is -0.453 e. The first-order chi connectivity index (χ1) is 19.3. The van der Waals surface area contributed by atoms with Gasteiger partial charge in [0.1, 0.15) is 11.6 Å². The lowest BCUT2D eigenvalue weighted by atomic mass is 10.0. The van der Waals surface area contributed by atoms with Crippen molar-refractivity contribution in [2.75, 3.05) is 25.9 Å². The van der Waals surface area contributed by atoms with Crippen LogP contribution in [0.3, 0.4) is 0 Å². The quantitative estimate of drug-likeness (QED) is 0.379. The van der Waals surface area contributed by atoms with E-state index in [9.17, 15) is 9.59 Å². The fraction of sp³-hybridized carbons (Fsp3) is 0.267. The Morgan fingerprint density at radius 2 is 1.93 bits per heavy atom. The molecular formula is C30H31N7O3. The van der Waals surface area contributed by atoms with Crippen molar-refractivity contribution >= 4 is 34.3 Å². The SMILES string of the molecule is COC(=O)N1CC=C(c2ccc(CN(C(=O)c3ccc4nc(N)c(C)cc4c3)C(C)c3ncccn3)nc2)CC1. The molecule has 0 spiro atoms. The van der Waals surface area contributed by atoms with Crippen molar-refractivity contribution in [3.8, 4) is 0 Å². The second-order valence-corrected chi connectivity index (χ2v) is 9.75. The van der Waals surface area contributed by atoms with Crippen molar-refractivity contribution < 1.29 is 14.3 Å². The Bertz CT molecular complexity index is 1570. The first kappa shape index (κ1) is 26.7. The molecule has 1 aromatic carbocycles. The molecule has 10 nitrogen and oxygen atoms in total. The second-order valence-electron chi connectivity index (χ2n) is 9.75. The predicted molar refractivity (Wildman–Crippen MR) is 152 cm³/mol. The number of ether oxygens (including phenoxy) is 1. The van der Waals surface area contributed by atoms with Crippen LogP contribution in [-0.4, -0.2) is 61.9 Å². The number of hydrogen-bond donors (Lipinski definition) is 1. The van der Waals surface area contributed by atoms with Gasteiger partial charge in [0.2, 0.25) is 0 Å². The highest BCUT2D eigenvalue weighted by Gasteiger charge is 2.26. The standard InChI is InChI=1S/C30H31N7O3/c1-19-15-24-16-22(6-8-26(24)35-27(19)31)29(38)37(20(2)28-32-11-4-12-33-28)18-25-7-5-23(17-34-25)21-9-13-36(14-10-21)30(39)40-3/h4-9,11-12,15-17,20H,10,13-14,18H2,1-3H3,(H2,31,35). The van der Waals surface area contributed by atoms with E-state index in [1.165, 1.54) is 7.11 Å². The molecule has 204 valence electrons. The minimum atomic E-state index is -0.400. The summed E-state index contributed by atoms with van der Waals surface area (Å²) in [5, 5.41) is 0.843. The highest BCUT2D eigenvalue weighted by Crippen LogP contribution is 2.26. The van der Waals surface area contributed by atoms with Gasteiger partial charge < -0.3 is 20.3 Å². The molecule has 1 aliphatic heterocycles. The topological polar surface area (TPSA) is 127 Å². The number of nitrogens with zero attached hydrogens (tertiary/aromatic N) is 6. The van der Waals surface area contributed by atoms with E-state index in [1.807, 2.05) is 56.5 Å². The highest BCUT2D eigenvalue weighted by molar-refractivity contribution is 5.98. The molecule has 1 unspecified atom stereocenters. The Kier molecular flexibility index (Phi) is 7.68. The Hall–Kier alpha value is -4.86. The molecule has 1 atom stereocenters. The number of amides is 2. The summed E-state index contributed by atoms with van der Waals surface area (Å²) in [5.41, 5.74) is 10.9. The molecular weight excluding hydrogens is 506 g/mol. The average molecular weight is 538 g/mol. The maximum Gasteiger partial charge on any atom is 0.409 e. The van der Waals surface area contributed by atoms with Gasteiger partial charge in [-0.3, -0.25) is 9.78 Å². The van der Waals surface area contributed by atoms with E-state index < -0.39 is 6.04 Å². The minimum absolute atomic E-state index is 0.167. The fourth-order valence-electron chi connectivity index (χ4n) is 4.76. The number of carbonyl (C=O) groups is 2. The number of benzene rings is 1. The van der Waals surface area contributed by atoms with Gasteiger partial charge in [-0.25, -0.2) is 19.7 Å².